The van der Waals surface area contributed by atoms with Crippen molar-refractivity contribution in [1.82, 2.24) is 9.78 Å². The van der Waals surface area contributed by atoms with E-state index in [0.717, 1.165) is 17.1 Å². The van der Waals surface area contributed by atoms with Crippen LogP contribution in [-0.4, -0.2) is 9.78 Å². The van der Waals surface area contributed by atoms with Gasteiger partial charge >= 0.3 is 0 Å². The highest BCUT2D eigenvalue weighted by Crippen LogP contribution is 2.23. The first-order valence-electron chi connectivity index (χ1n) is 6.20. The van der Waals surface area contributed by atoms with Crippen LogP contribution in [-0.2, 0) is 0 Å². The van der Waals surface area contributed by atoms with Crippen LogP contribution in [0.5, 0.6) is 0 Å². The molecule has 2 aromatic rings. The number of benzene rings is 1. The van der Waals surface area contributed by atoms with Crippen LogP contribution in [0.3, 0.4) is 0 Å². The van der Waals surface area contributed by atoms with Crippen molar-refractivity contribution in [2.24, 2.45) is 0 Å². The van der Waals surface area contributed by atoms with Crippen LogP contribution in [0, 0.1) is 18.3 Å². The number of nitriles is 1. The number of hydrogen-bond acceptors (Lipinski definition) is 2. The van der Waals surface area contributed by atoms with Crippen molar-refractivity contribution in [2.75, 3.05) is 0 Å². The summed E-state index contributed by atoms with van der Waals surface area (Å²) < 4.78 is 1.91. The largest absolute Gasteiger partial charge is 0.238 e. The third-order valence-electron chi connectivity index (χ3n) is 3.24. The quantitative estimate of drug-likeness (QED) is 0.817. The molecule has 1 heterocycles. The summed E-state index contributed by atoms with van der Waals surface area (Å²) in [6.07, 6.45) is 8.34. The molecule has 0 saturated heterocycles. The first kappa shape index (κ1) is 11.5. The molecule has 0 saturated carbocycles. The summed E-state index contributed by atoms with van der Waals surface area (Å²) in [6.45, 7) is 2.04. The minimum atomic E-state index is 0.276. The Morgan fingerprint density at radius 3 is 2.47 bits per heavy atom. The predicted octanol–water partition coefficient (Wildman–Crippen LogP) is 3.26. The van der Waals surface area contributed by atoms with Gasteiger partial charge < -0.3 is 0 Å². The zero-order valence-electron chi connectivity index (χ0n) is 10.6. The van der Waals surface area contributed by atoms with E-state index in [2.05, 4.69) is 29.4 Å². The minimum Gasteiger partial charge on any atom is -0.238 e. The van der Waals surface area contributed by atoms with Crippen LogP contribution in [0.4, 0.5) is 0 Å². The number of nitrogens with zero attached hydrogens (tertiary/aromatic N) is 3. The second-order valence-corrected chi connectivity index (χ2v) is 4.58. The van der Waals surface area contributed by atoms with Gasteiger partial charge in [-0.15, -0.1) is 0 Å². The molecule has 0 fully saturated rings. The molecule has 1 aromatic carbocycles. The third-order valence-corrected chi connectivity index (χ3v) is 3.24. The minimum absolute atomic E-state index is 0.276. The van der Waals surface area contributed by atoms with Gasteiger partial charge in [0.25, 0.3) is 0 Å². The van der Waals surface area contributed by atoms with Crippen molar-refractivity contribution in [3.8, 4) is 11.8 Å². The first-order chi connectivity index (χ1) is 9.28. The van der Waals surface area contributed by atoms with Crippen molar-refractivity contribution < 1.29 is 0 Å². The average Bonchev–Trinajstić information content (AvgIpc) is 3.08. The Kier molecular flexibility index (Phi) is 2.77. The first-order valence-corrected chi connectivity index (χ1v) is 6.20. The molecule has 0 bridgehead atoms. The number of allylic oxidation sites excluding steroid dienone is 4. The van der Waals surface area contributed by atoms with Crippen LogP contribution < -0.4 is 0 Å². The molecule has 3 heteroatoms. The SMILES string of the molecule is Cc1cc(C2C=CC=C2)nn1-c1ccc(C#N)cc1. The molecule has 0 unspecified atom stereocenters. The summed E-state index contributed by atoms with van der Waals surface area (Å²) >= 11 is 0. The normalized spacial score (nSPS) is 13.9. The maximum absolute atomic E-state index is 8.81. The van der Waals surface area contributed by atoms with Gasteiger partial charge in [-0.3, -0.25) is 0 Å². The Labute approximate surface area is 112 Å². The highest BCUT2D eigenvalue weighted by molar-refractivity contribution is 5.41. The zero-order valence-corrected chi connectivity index (χ0v) is 10.6. The average molecular weight is 247 g/mol. The van der Waals surface area contributed by atoms with Crippen molar-refractivity contribution in [1.29, 1.82) is 5.26 Å². The lowest BCUT2D eigenvalue weighted by molar-refractivity contribution is 0.813. The van der Waals surface area contributed by atoms with Crippen molar-refractivity contribution >= 4 is 0 Å². The maximum Gasteiger partial charge on any atom is 0.0991 e. The van der Waals surface area contributed by atoms with Gasteiger partial charge in [0.2, 0.25) is 0 Å². The third kappa shape index (κ3) is 2.09. The zero-order chi connectivity index (χ0) is 13.2. The molecule has 92 valence electrons. The summed E-state index contributed by atoms with van der Waals surface area (Å²) in [5.74, 6) is 0.276. The summed E-state index contributed by atoms with van der Waals surface area (Å²) in [5, 5.41) is 13.5. The number of hydrogen-bond donors (Lipinski definition) is 0. The van der Waals surface area contributed by atoms with Gasteiger partial charge in [0.05, 0.1) is 23.0 Å². The van der Waals surface area contributed by atoms with E-state index < -0.39 is 0 Å². The van der Waals surface area contributed by atoms with E-state index in [1.54, 1.807) is 0 Å². The molecule has 0 spiro atoms. The van der Waals surface area contributed by atoms with Crippen LogP contribution in [0.1, 0.15) is 22.9 Å². The van der Waals surface area contributed by atoms with E-state index >= 15 is 0 Å². The van der Waals surface area contributed by atoms with Gasteiger partial charge in [-0.1, -0.05) is 24.3 Å². The van der Waals surface area contributed by atoms with Crippen LogP contribution in [0.25, 0.3) is 5.69 Å². The predicted molar refractivity (Wildman–Crippen MR) is 74.0 cm³/mol. The van der Waals surface area contributed by atoms with E-state index in [4.69, 9.17) is 5.26 Å². The molecule has 3 nitrogen and oxygen atoms in total. The topological polar surface area (TPSA) is 41.6 Å². The number of aromatic nitrogens is 2. The van der Waals surface area contributed by atoms with Gasteiger partial charge in [0.15, 0.2) is 0 Å². The molecule has 1 aliphatic rings. The monoisotopic (exact) mass is 247 g/mol. The highest BCUT2D eigenvalue weighted by atomic mass is 15.3. The lowest BCUT2D eigenvalue weighted by Crippen LogP contribution is -2.00. The molecule has 1 aliphatic carbocycles. The number of rotatable bonds is 2. The summed E-state index contributed by atoms with van der Waals surface area (Å²) in [4.78, 5) is 0. The molecule has 3 rings (SSSR count). The molecule has 0 atom stereocenters. The molecule has 0 radical (unpaired) electrons. The van der Waals surface area contributed by atoms with Crippen LogP contribution in [0.15, 0.2) is 54.6 Å². The fourth-order valence-corrected chi connectivity index (χ4v) is 2.23. The van der Waals surface area contributed by atoms with Crippen molar-refractivity contribution in [3.05, 3.63) is 71.6 Å². The molecule has 0 amide bonds. The Bertz CT molecular complexity index is 685. The van der Waals surface area contributed by atoms with E-state index in [9.17, 15) is 0 Å². The van der Waals surface area contributed by atoms with E-state index in [0.29, 0.717) is 5.56 Å². The Hall–Kier alpha value is -2.60. The second-order valence-electron chi connectivity index (χ2n) is 4.58. The maximum atomic E-state index is 8.81. The van der Waals surface area contributed by atoms with Crippen LogP contribution >= 0.6 is 0 Å². The van der Waals surface area contributed by atoms with Gasteiger partial charge in [0.1, 0.15) is 0 Å². The van der Waals surface area contributed by atoms with Gasteiger partial charge in [0, 0.05) is 11.6 Å². The summed E-state index contributed by atoms with van der Waals surface area (Å²) in [7, 11) is 0. The standard InChI is InChI=1S/C16H13N3/c1-12-10-16(14-4-2-3-5-14)18-19(12)15-8-6-13(11-17)7-9-15/h2-10,14H,1H3. The fourth-order valence-electron chi connectivity index (χ4n) is 2.23. The van der Waals surface area contributed by atoms with E-state index in [1.165, 1.54) is 0 Å². The van der Waals surface area contributed by atoms with E-state index in [-0.39, 0.29) is 5.92 Å². The lowest BCUT2D eigenvalue weighted by Gasteiger charge is -2.04. The Morgan fingerprint density at radius 2 is 1.84 bits per heavy atom. The molecule has 1 aromatic heterocycles. The summed E-state index contributed by atoms with van der Waals surface area (Å²) in [5.41, 5.74) is 3.78. The fraction of sp³-hybridized carbons (Fsp3) is 0.125. The Balaban J connectivity index is 1.98. The van der Waals surface area contributed by atoms with Gasteiger partial charge in [-0.05, 0) is 37.3 Å². The molecule has 19 heavy (non-hydrogen) atoms. The molecular weight excluding hydrogens is 234 g/mol. The van der Waals surface area contributed by atoms with Gasteiger partial charge in [-0.25, -0.2) is 4.68 Å². The lowest BCUT2D eigenvalue weighted by atomic mass is 10.1. The number of aryl methyl sites for hydroxylation is 1. The molecular formula is C16H13N3. The highest BCUT2D eigenvalue weighted by Gasteiger charge is 2.13. The van der Waals surface area contributed by atoms with E-state index in [1.807, 2.05) is 48.0 Å². The smallest absolute Gasteiger partial charge is 0.0991 e. The second kappa shape index (κ2) is 4.58. The van der Waals surface area contributed by atoms with Crippen LogP contribution in [0.2, 0.25) is 0 Å². The van der Waals surface area contributed by atoms with Gasteiger partial charge in [-0.2, -0.15) is 10.4 Å². The van der Waals surface area contributed by atoms with Crippen molar-refractivity contribution in [2.45, 2.75) is 12.8 Å². The van der Waals surface area contributed by atoms with Crippen molar-refractivity contribution in [3.63, 3.8) is 0 Å². The molecule has 0 N–H and O–H groups in total. The summed E-state index contributed by atoms with van der Waals surface area (Å²) in [6, 6.07) is 11.7. The molecule has 0 aliphatic heterocycles. The Morgan fingerprint density at radius 1 is 1.16 bits per heavy atom.